The summed E-state index contributed by atoms with van der Waals surface area (Å²) in [5.74, 6) is 0.987. The molecule has 1 aromatic rings. The molecule has 1 aliphatic carbocycles. The van der Waals surface area contributed by atoms with Gasteiger partial charge in [-0.1, -0.05) is 30.3 Å². The number of carbonyl (C=O) groups is 2. The topological polar surface area (TPSA) is 90.7 Å². The zero-order valence-corrected chi connectivity index (χ0v) is 15.7. The van der Waals surface area contributed by atoms with Crippen molar-refractivity contribution in [2.75, 3.05) is 6.54 Å². The van der Waals surface area contributed by atoms with Gasteiger partial charge in [0.15, 0.2) is 0 Å². The van der Waals surface area contributed by atoms with Gasteiger partial charge < -0.3 is 20.5 Å². The minimum atomic E-state index is -0.720. The monoisotopic (exact) mass is 362 g/mol. The molecular weight excluding hydrogens is 332 g/mol. The van der Waals surface area contributed by atoms with E-state index in [2.05, 4.69) is 5.32 Å². The number of nitrogens with two attached hydrogens (primary N) is 1. The predicted molar refractivity (Wildman–Crippen MR) is 99.4 cm³/mol. The van der Waals surface area contributed by atoms with E-state index in [1.807, 2.05) is 44.2 Å². The third kappa shape index (κ3) is 7.33. The first-order valence-electron chi connectivity index (χ1n) is 9.27. The van der Waals surface area contributed by atoms with E-state index in [1.54, 1.807) is 0 Å². The summed E-state index contributed by atoms with van der Waals surface area (Å²) in [5.41, 5.74) is 5.57. The van der Waals surface area contributed by atoms with Gasteiger partial charge in [0.25, 0.3) is 0 Å². The van der Waals surface area contributed by atoms with E-state index in [9.17, 15) is 9.59 Å². The Labute approximate surface area is 155 Å². The number of nitrogens with one attached hydrogen (secondary N) is 1. The molecule has 1 fully saturated rings. The standard InChI is InChI=1S/C20H30N2O4/c1-20(2,26-18(21)23)12-15-8-10-16(11-9-15)13-22-19(24)25-14-17-6-4-3-5-7-17/h3-7,15-16H,8-14H2,1-2H3,(H2,21,23)(H,22,24). The number of hydrogen-bond donors (Lipinski definition) is 2. The van der Waals surface area contributed by atoms with Crippen LogP contribution in [0.25, 0.3) is 0 Å². The van der Waals surface area contributed by atoms with Gasteiger partial charge in [-0.25, -0.2) is 9.59 Å². The number of amides is 2. The SMILES string of the molecule is CC(C)(CC1CCC(CNC(=O)OCc2ccccc2)CC1)OC(N)=O. The molecule has 0 unspecified atom stereocenters. The molecule has 2 amide bonds. The first-order chi connectivity index (χ1) is 12.3. The fourth-order valence-corrected chi connectivity index (χ4v) is 3.65. The summed E-state index contributed by atoms with van der Waals surface area (Å²) in [6.07, 6.45) is 3.96. The first-order valence-corrected chi connectivity index (χ1v) is 9.27. The maximum Gasteiger partial charge on any atom is 0.407 e. The van der Waals surface area contributed by atoms with E-state index in [1.165, 1.54) is 0 Å². The Balaban J connectivity index is 1.62. The Kier molecular flexibility index (Phi) is 7.30. The van der Waals surface area contributed by atoms with Crippen molar-refractivity contribution in [1.82, 2.24) is 5.32 Å². The third-order valence-electron chi connectivity index (χ3n) is 4.87. The van der Waals surface area contributed by atoms with Gasteiger partial charge in [-0.3, -0.25) is 0 Å². The van der Waals surface area contributed by atoms with Crippen molar-refractivity contribution in [3.05, 3.63) is 35.9 Å². The second-order valence-electron chi connectivity index (χ2n) is 7.71. The van der Waals surface area contributed by atoms with Crippen LogP contribution in [-0.2, 0) is 16.1 Å². The summed E-state index contributed by atoms with van der Waals surface area (Å²) in [5, 5.41) is 2.86. The highest BCUT2D eigenvalue weighted by Gasteiger charge is 2.29. The van der Waals surface area contributed by atoms with Crippen LogP contribution in [-0.4, -0.2) is 24.3 Å². The number of primary amides is 1. The normalized spacial score (nSPS) is 20.2. The van der Waals surface area contributed by atoms with Crippen LogP contribution in [0.15, 0.2) is 30.3 Å². The summed E-state index contributed by atoms with van der Waals surface area (Å²) in [6.45, 7) is 4.72. The van der Waals surface area contributed by atoms with Crippen molar-refractivity contribution in [3.8, 4) is 0 Å². The molecule has 1 aliphatic rings. The van der Waals surface area contributed by atoms with Crippen molar-refractivity contribution in [1.29, 1.82) is 0 Å². The molecule has 0 saturated heterocycles. The van der Waals surface area contributed by atoms with Crippen LogP contribution >= 0.6 is 0 Å². The lowest BCUT2D eigenvalue weighted by molar-refractivity contribution is 0.0198. The number of hydrogen-bond acceptors (Lipinski definition) is 4. The molecule has 26 heavy (non-hydrogen) atoms. The summed E-state index contributed by atoms with van der Waals surface area (Å²) >= 11 is 0. The number of benzene rings is 1. The zero-order valence-electron chi connectivity index (χ0n) is 15.7. The molecule has 0 radical (unpaired) electrons. The van der Waals surface area contributed by atoms with Crippen LogP contribution in [0.3, 0.4) is 0 Å². The summed E-state index contributed by atoms with van der Waals surface area (Å²) < 4.78 is 10.4. The van der Waals surface area contributed by atoms with Gasteiger partial charge >= 0.3 is 12.2 Å². The van der Waals surface area contributed by atoms with Gasteiger partial charge in [0.05, 0.1) is 0 Å². The highest BCUT2D eigenvalue weighted by molar-refractivity contribution is 5.67. The van der Waals surface area contributed by atoms with Crippen LogP contribution in [0.2, 0.25) is 0 Å². The molecule has 0 heterocycles. The first kappa shape index (κ1) is 20.1. The fourth-order valence-electron chi connectivity index (χ4n) is 3.65. The van der Waals surface area contributed by atoms with Crippen LogP contribution in [0.1, 0.15) is 51.5 Å². The van der Waals surface area contributed by atoms with Gasteiger partial charge in [0.1, 0.15) is 12.2 Å². The molecule has 1 aromatic carbocycles. The van der Waals surface area contributed by atoms with Crippen molar-refractivity contribution >= 4 is 12.2 Å². The van der Waals surface area contributed by atoms with Crippen LogP contribution < -0.4 is 11.1 Å². The Morgan fingerprint density at radius 3 is 2.35 bits per heavy atom. The van der Waals surface area contributed by atoms with Crippen LogP contribution in [0.5, 0.6) is 0 Å². The van der Waals surface area contributed by atoms with Gasteiger partial charge in [0.2, 0.25) is 0 Å². The molecule has 6 nitrogen and oxygen atoms in total. The maximum atomic E-state index is 11.8. The molecule has 0 aliphatic heterocycles. The van der Waals surface area contributed by atoms with E-state index < -0.39 is 11.7 Å². The van der Waals surface area contributed by atoms with E-state index in [-0.39, 0.29) is 12.7 Å². The summed E-state index contributed by atoms with van der Waals surface area (Å²) in [6, 6.07) is 9.63. The number of carbonyl (C=O) groups excluding carboxylic acids is 2. The lowest BCUT2D eigenvalue weighted by Crippen LogP contribution is -2.35. The molecule has 0 atom stereocenters. The highest BCUT2D eigenvalue weighted by Crippen LogP contribution is 2.34. The van der Waals surface area contributed by atoms with Crippen molar-refractivity contribution in [2.45, 2.75) is 58.2 Å². The largest absolute Gasteiger partial charge is 0.445 e. The molecule has 0 aromatic heterocycles. The molecule has 6 heteroatoms. The molecule has 3 N–H and O–H groups in total. The minimum absolute atomic E-state index is 0.286. The number of rotatable bonds is 7. The predicted octanol–water partition coefficient (Wildman–Crippen LogP) is 3.98. The Hall–Kier alpha value is -2.24. The Bertz CT molecular complexity index is 581. The Morgan fingerprint density at radius 1 is 1.12 bits per heavy atom. The second kappa shape index (κ2) is 9.46. The lowest BCUT2D eigenvalue weighted by Gasteiger charge is -2.33. The summed E-state index contributed by atoms with van der Waals surface area (Å²) in [4.78, 5) is 22.8. The third-order valence-corrected chi connectivity index (χ3v) is 4.87. The lowest BCUT2D eigenvalue weighted by atomic mass is 9.77. The molecule has 2 rings (SSSR count). The van der Waals surface area contributed by atoms with Crippen molar-refractivity contribution < 1.29 is 19.1 Å². The zero-order chi connectivity index (χ0) is 19.0. The highest BCUT2D eigenvalue weighted by atomic mass is 16.6. The summed E-state index contributed by atoms with van der Waals surface area (Å²) in [7, 11) is 0. The van der Waals surface area contributed by atoms with Crippen molar-refractivity contribution in [3.63, 3.8) is 0 Å². The van der Waals surface area contributed by atoms with E-state index >= 15 is 0 Å². The quantitative estimate of drug-likeness (QED) is 0.767. The van der Waals surface area contributed by atoms with Gasteiger partial charge in [-0.05, 0) is 63.4 Å². The van der Waals surface area contributed by atoms with Gasteiger partial charge in [-0.15, -0.1) is 0 Å². The molecule has 144 valence electrons. The molecule has 0 spiro atoms. The van der Waals surface area contributed by atoms with E-state index in [4.69, 9.17) is 15.2 Å². The van der Waals surface area contributed by atoms with Gasteiger partial charge in [-0.2, -0.15) is 0 Å². The van der Waals surface area contributed by atoms with Crippen LogP contribution in [0, 0.1) is 11.8 Å². The average Bonchev–Trinajstić information content (AvgIpc) is 2.59. The molecular formula is C20H30N2O4. The smallest absolute Gasteiger partial charge is 0.407 e. The van der Waals surface area contributed by atoms with E-state index in [0.29, 0.717) is 18.4 Å². The van der Waals surface area contributed by atoms with Gasteiger partial charge in [0, 0.05) is 6.54 Å². The minimum Gasteiger partial charge on any atom is -0.445 e. The number of ether oxygens (including phenoxy) is 2. The maximum absolute atomic E-state index is 11.8. The molecule has 1 saturated carbocycles. The van der Waals surface area contributed by atoms with E-state index in [0.717, 1.165) is 37.7 Å². The van der Waals surface area contributed by atoms with Crippen molar-refractivity contribution in [2.24, 2.45) is 17.6 Å². The fraction of sp³-hybridized carbons (Fsp3) is 0.600. The Morgan fingerprint density at radius 2 is 1.73 bits per heavy atom. The molecule has 0 bridgehead atoms. The average molecular weight is 362 g/mol. The second-order valence-corrected chi connectivity index (χ2v) is 7.71. The number of alkyl carbamates (subject to hydrolysis) is 1. The van der Waals surface area contributed by atoms with Crippen LogP contribution in [0.4, 0.5) is 9.59 Å².